The highest BCUT2D eigenvalue weighted by molar-refractivity contribution is 7.99. The van der Waals surface area contributed by atoms with Gasteiger partial charge in [0.1, 0.15) is 0 Å². The fraction of sp³-hybridized carbons (Fsp3) is 0.867. The number of nitrogens with zero attached hydrogens (tertiary/aromatic N) is 2. The van der Waals surface area contributed by atoms with Crippen LogP contribution in [0, 0.1) is 5.92 Å². The molecule has 0 aromatic carbocycles. The minimum Gasteiger partial charge on any atom is -0.339 e. The summed E-state index contributed by atoms with van der Waals surface area (Å²) in [5.41, 5.74) is 0. The van der Waals surface area contributed by atoms with Crippen LogP contribution in [0.25, 0.3) is 0 Å². The van der Waals surface area contributed by atoms with E-state index in [2.05, 4.69) is 22.4 Å². The van der Waals surface area contributed by atoms with Crippen molar-refractivity contribution in [2.75, 3.05) is 12.3 Å². The molecule has 1 saturated heterocycles. The molecule has 1 aliphatic heterocycles. The Labute approximate surface area is 125 Å². The maximum absolute atomic E-state index is 5.50. The molecule has 1 aliphatic carbocycles. The van der Waals surface area contributed by atoms with Gasteiger partial charge in [0.15, 0.2) is 5.82 Å². The van der Waals surface area contributed by atoms with Gasteiger partial charge in [-0.25, -0.2) is 0 Å². The van der Waals surface area contributed by atoms with E-state index >= 15 is 0 Å². The molecule has 2 heterocycles. The first-order chi connectivity index (χ1) is 9.86. The van der Waals surface area contributed by atoms with Crippen LogP contribution >= 0.6 is 11.8 Å². The van der Waals surface area contributed by atoms with Gasteiger partial charge in [0.2, 0.25) is 5.89 Å². The van der Waals surface area contributed by atoms with Crippen LogP contribution in [0.5, 0.6) is 0 Å². The molecule has 112 valence electrons. The Hall–Kier alpha value is -0.550. The van der Waals surface area contributed by atoms with Crippen molar-refractivity contribution in [3.05, 3.63) is 11.7 Å². The molecule has 1 aromatic heterocycles. The number of hydrogen-bond acceptors (Lipinski definition) is 5. The molecule has 2 aliphatic rings. The molecular formula is C15H25N3OS. The average Bonchev–Trinajstić information content (AvgIpc) is 3.20. The lowest BCUT2D eigenvalue weighted by Crippen LogP contribution is -2.37. The van der Waals surface area contributed by atoms with E-state index in [4.69, 9.17) is 4.52 Å². The molecular weight excluding hydrogens is 270 g/mol. The van der Waals surface area contributed by atoms with Crippen LogP contribution in [0.1, 0.15) is 62.4 Å². The maximum atomic E-state index is 5.50. The maximum Gasteiger partial charge on any atom is 0.228 e. The van der Waals surface area contributed by atoms with E-state index in [1.54, 1.807) is 0 Å². The third kappa shape index (κ3) is 3.37. The standard InChI is InChI=1S/C15H25N3OS/c1-2-16-12(11-6-3-4-7-11)10-14-17-15(18-19-14)13-8-5-9-20-13/h11-13,16H,2-10H2,1H3. The number of thioether (sulfide) groups is 1. The van der Waals surface area contributed by atoms with Crippen molar-refractivity contribution in [2.45, 2.75) is 63.2 Å². The zero-order chi connectivity index (χ0) is 13.8. The van der Waals surface area contributed by atoms with Crippen molar-refractivity contribution in [1.82, 2.24) is 15.5 Å². The summed E-state index contributed by atoms with van der Waals surface area (Å²) >= 11 is 1.96. The highest BCUT2D eigenvalue weighted by atomic mass is 32.2. The molecule has 2 atom stereocenters. The van der Waals surface area contributed by atoms with Gasteiger partial charge < -0.3 is 9.84 Å². The highest BCUT2D eigenvalue weighted by Crippen LogP contribution is 2.38. The molecule has 1 saturated carbocycles. The normalized spacial score (nSPS) is 25.4. The average molecular weight is 295 g/mol. The van der Waals surface area contributed by atoms with Crippen LogP contribution in [0.3, 0.4) is 0 Å². The second-order valence-corrected chi connectivity index (χ2v) is 7.27. The van der Waals surface area contributed by atoms with E-state index in [1.807, 2.05) is 11.8 Å². The minimum atomic E-state index is 0.469. The molecule has 3 rings (SSSR count). The van der Waals surface area contributed by atoms with Gasteiger partial charge in [-0.2, -0.15) is 16.7 Å². The Morgan fingerprint density at radius 2 is 2.15 bits per heavy atom. The van der Waals surface area contributed by atoms with E-state index < -0.39 is 0 Å². The number of nitrogens with one attached hydrogen (secondary N) is 1. The Morgan fingerprint density at radius 3 is 2.85 bits per heavy atom. The Kier molecular flexibility index (Phi) is 4.99. The summed E-state index contributed by atoms with van der Waals surface area (Å²) in [7, 11) is 0. The van der Waals surface area contributed by atoms with Crippen molar-refractivity contribution in [2.24, 2.45) is 5.92 Å². The fourth-order valence-electron chi connectivity index (χ4n) is 3.48. The lowest BCUT2D eigenvalue weighted by Gasteiger charge is -2.22. The minimum absolute atomic E-state index is 0.469. The zero-order valence-electron chi connectivity index (χ0n) is 12.3. The number of rotatable bonds is 6. The van der Waals surface area contributed by atoms with Crippen molar-refractivity contribution in [1.29, 1.82) is 0 Å². The number of hydrogen-bond donors (Lipinski definition) is 1. The Balaban J connectivity index is 1.62. The smallest absolute Gasteiger partial charge is 0.228 e. The summed E-state index contributed by atoms with van der Waals surface area (Å²) in [5.74, 6) is 3.76. The zero-order valence-corrected chi connectivity index (χ0v) is 13.1. The van der Waals surface area contributed by atoms with Crippen molar-refractivity contribution in [3.8, 4) is 0 Å². The second kappa shape index (κ2) is 6.94. The van der Waals surface area contributed by atoms with Gasteiger partial charge in [-0.05, 0) is 43.9 Å². The van der Waals surface area contributed by atoms with Gasteiger partial charge in [0, 0.05) is 12.5 Å². The van der Waals surface area contributed by atoms with Gasteiger partial charge in [-0.1, -0.05) is 24.9 Å². The molecule has 4 nitrogen and oxygen atoms in total. The van der Waals surface area contributed by atoms with E-state index in [1.165, 1.54) is 44.3 Å². The summed E-state index contributed by atoms with van der Waals surface area (Å²) in [4.78, 5) is 4.65. The number of likely N-dealkylation sites (N-methyl/N-ethyl adjacent to an activating group) is 1. The van der Waals surface area contributed by atoms with Crippen molar-refractivity contribution < 1.29 is 4.52 Å². The summed E-state index contributed by atoms with van der Waals surface area (Å²) in [5, 5.41) is 8.29. The molecule has 20 heavy (non-hydrogen) atoms. The largest absolute Gasteiger partial charge is 0.339 e. The molecule has 0 spiro atoms. The molecule has 2 fully saturated rings. The molecule has 2 unspecified atom stereocenters. The van der Waals surface area contributed by atoms with E-state index in [-0.39, 0.29) is 0 Å². The van der Waals surface area contributed by atoms with Gasteiger partial charge in [0.05, 0.1) is 5.25 Å². The first kappa shape index (κ1) is 14.4. The first-order valence-corrected chi connectivity index (χ1v) is 9.09. The third-order valence-electron chi connectivity index (χ3n) is 4.53. The van der Waals surface area contributed by atoms with Gasteiger partial charge >= 0.3 is 0 Å². The third-order valence-corrected chi connectivity index (χ3v) is 5.90. The molecule has 5 heteroatoms. The monoisotopic (exact) mass is 295 g/mol. The predicted molar refractivity (Wildman–Crippen MR) is 81.9 cm³/mol. The molecule has 1 N–H and O–H groups in total. The van der Waals surface area contributed by atoms with E-state index in [9.17, 15) is 0 Å². The van der Waals surface area contributed by atoms with E-state index in [0.717, 1.165) is 30.6 Å². The van der Waals surface area contributed by atoms with Crippen LogP contribution in [-0.2, 0) is 6.42 Å². The lowest BCUT2D eigenvalue weighted by molar-refractivity contribution is 0.309. The van der Waals surface area contributed by atoms with Gasteiger partial charge in [-0.3, -0.25) is 0 Å². The summed E-state index contributed by atoms with van der Waals surface area (Å²) in [6.45, 7) is 3.19. The van der Waals surface area contributed by atoms with Crippen molar-refractivity contribution >= 4 is 11.8 Å². The van der Waals surface area contributed by atoms with Crippen LogP contribution in [0.4, 0.5) is 0 Å². The fourth-order valence-corrected chi connectivity index (χ4v) is 4.67. The SMILES string of the molecule is CCNC(Cc1nc(C2CCCS2)no1)C1CCCC1. The Bertz CT molecular complexity index is 411. The van der Waals surface area contributed by atoms with Gasteiger partial charge in [0.25, 0.3) is 0 Å². The molecule has 0 radical (unpaired) electrons. The topological polar surface area (TPSA) is 51.0 Å². The summed E-state index contributed by atoms with van der Waals surface area (Å²) in [6, 6.07) is 0.507. The summed E-state index contributed by atoms with van der Waals surface area (Å²) in [6.07, 6.45) is 8.81. The summed E-state index contributed by atoms with van der Waals surface area (Å²) < 4.78 is 5.50. The highest BCUT2D eigenvalue weighted by Gasteiger charge is 2.28. The van der Waals surface area contributed by atoms with Gasteiger partial charge in [-0.15, -0.1) is 0 Å². The van der Waals surface area contributed by atoms with Crippen molar-refractivity contribution in [3.63, 3.8) is 0 Å². The predicted octanol–water partition coefficient (Wildman–Crippen LogP) is 3.35. The molecule has 0 amide bonds. The van der Waals surface area contributed by atoms with Crippen LogP contribution in [-0.4, -0.2) is 28.5 Å². The first-order valence-electron chi connectivity index (χ1n) is 8.04. The number of aromatic nitrogens is 2. The van der Waals surface area contributed by atoms with Crippen LogP contribution < -0.4 is 5.32 Å². The lowest BCUT2D eigenvalue weighted by atomic mass is 9.95. The second-order valence-electron chi connectivity index (χ2n) is 5.96. The van der Waals surface area contributed by atoms with E-state index in [0.29, 0.717) is 11.3 Å². The molecule has 0 bridgehead atoms. The van der Waals surface area contributed by atoms with Crippen LogP contribution in [0.2, 0.25) is 0 Å². The molecule has 1 aromatic rings. The Morgan fingerprint density at radius 1 is 1.30 bits per heavy atom. The quantitative estimate of drug-likeness (QED) is 0.872. The van der Waals surface area contributed by atoms with Crippen LogP contribution in [0.15, 0.2) is 4.52 Å².